The van der Waals surface area contributed by atoms with E-state index in [-0.39, 0.29) is 11.0 Å². The molecule has 0 aromatic carbocycles. The lowest BCUT2D eigenvalue weighted by Crippen LogP contribution is -1.98. The van der Waals surface area contributed by atoms with E-state index in [9.17, 15) is 9.13 Å². The largest absolute Gasteiger partial charge is 0.446 e. The highest BCUT2D eigenvalue weighted by atomic mass is 32.1. The summed E-state index contributed by atoms with van der Waals surface area (Å²) in [5.41, 5.74) is 11.8. The molecule has 0 aliphatic carbocycles. The molecule has 0 radical (unpaired) electrons. The number of thiazole rings is 2. The number of rotatable bonds is 8. The predicted molar refractivity (Wildman–Crippen MR) is 149 cm³/mol. The van der Waals surface area contributed by atoms with Gasteiger partial charge in [-0.1, -0.05) is 27.7 Å². The highest BCUT2D eigenvalue weighted by Gasteiger charge is 2.25. The van der Waals surface area contributed by atoms with E-state index in [2.05, 4.69) is 37.7 Å². The lowest BCUT2D eigenvalue weighted by atomic mass is 10.1. The zero-order valence-corrected chi connectivity index (χ0v) is 24.5. The van der Waals surface area contributed by atoms with Gasteiger partial charge in [-0.05, 0) is 48.9 Å². The maximum absolute atomic E-state index is 11.1. The number of hydrogen-bond donors (Lipinski definition) is 6. The van der Waals surface area contributed by atoms with Crippen molar-refractivity contribution in [1.29, 1.82) is 0 Å². The number of nitrogens with zero attached hydrogens (tertiary/aromatic N) is 2. The Morgan fingerprint density at radius 2 is 1.08 bits per heavy atom. The molecule has 0 atom stereocenters. The molecular formula is C22H30N4O8P2S2. The number of nitrogens with two attached hydrogens (primary N) is 2. The normalized spacial score (nSPS) is 12.3. The van der Waals surface area contributed by atoms with Crippen molar-refractivity contribution >= 4 is 59.1 Å². The van der Waals surface area contributed by atoms with Crippen molar-refractivity contribution in [2.24, 2.45) is 11.8 Å². The average Bonchev–Trinajstić information content (AvgIpc) is 3.53. The van der Waals surface area contributed by atoms with E-state index in [0.29, 0.717) is 45.0 Å². The molecule has 8 N–H and O–H groups in total. The summed E-state index contributed by atoms with van der Waals surface area (Å²) in [4.78, 5) is 46.4. The van der Waals surface area contributed by atoms with Crippen molar-refractivity contribution in [2.45, 2.75) is 40.5 Å². The lowest BCUT2D eigenvalue weighted by Gasteiger charge is -2.03. The predicted octanol–water partition coefficient (Wildman–Crippen LogP) is 3.97. The van der Waals surface area contributed by atoms with Crippen LogP contribution in [0, 0.1) is 11.8 Å². The molecule has 4 aromatic heterocycles. The van der Waals surface area contributed by atoms with Gasteiger partial charge < -0.3 is 39.9 Å². The van der Waals surface area contributed by atoms with Gasteiger partial charge in [0.2, 0.25) is 11.0 Å². The second-order valence-corrected chi connectivity index (χ2v) is 14.5. The Labute approximate surface area is 227 Å². The van der Waals surface area contributed by atoms with E-state index in [1.807, 2.05) is 0 Å². The number of hydrogen-bond acceptors (Lipinski definition) is 10. The molecule has 0 unspecified atom stereocenters. The number of aromatic nitrogens is 2. The third-order valence-corrected chi connectivity index (χ3v) is 8.28. The summed E-state index contributed by atoms with van der Waals surface area (Å²) in [6.07, 6.45) is 1.58. The van der Waals surface area contributed by atoms with Crippen molar-refractivity contribution in [1.82, 2.24) is 9.97 Å². The van der Waals surface area contributed by atoms with Crippen LogP contribution < -0.4 is 22.5 Å². The van der Waals surface area contributed by atoms with Crippen LogP contribution in [0.2, 0.25) is 0 Å². The van der Waals surface area contributed by atoms with Gasteiger partial charge in [0.15, 0.2) is 21.8 Å². The summed E-state index contributed by atoms with van der Waals surface area (Å²) in [5, 5.41) is 0.833. The standard InChI is InChI=1S/2C11H15N2O4PS/c2*1-6(2)5-8-10(13-11(12)19-8)7-3-4-9(17-7)18(14,15)16/h2*3-4,6H,5H2,1-2H3,(H2,12,13)(H2,14,15,16). The third kappa shape index (κ3) is 7.87. The van der Waals surface area contributed by atoms with E-state index in [1.165, 1.54) is 46.9 Å². The maximum atomic E-state index is 11.1. The molecule has 4 heterocycles. The first-order valence-corrected chi connectivity index (χ1v) is 16.2. The van der Waals surface area contributed by atoms with E-state index in [4.69, 9.17) is 39.9 Å². The SMILES string of the molecule is CC(C)Cc1sc(N)nc1-c1ccc(P(=O)(O)O)o1.CC(C)Cc1sc(N)nc1-c1ccc(P(=O)(O)O)o1. The van der Waals surface area contributed by atoms with Crippen LogP contribution in [0.1, 0.15) is 37.4 Å². The van der Waals surface area contributed by atoms with Crippen molar-refractivity contribution < 1.29 is 37.5 Å². The molecule has 16 heteroatoms. The summed E-state index contributed by atoms with van der Waals surface area (Å²) in [5.74, 6) is 1.52. The molecule has 0 spiro atoms. The molecule has 4 rings (SSSR count). The van der Waals surface area contributed by atoms with Crippen LogP contribution in [-0.4, -0.2) is 29.5 Å². The second-order valence-electron chi connectivity index (χ2n) is 9.21. The van der Waals surface area contributed by atoms with E-state index in [0.717, 1.165) is 22.6 Å². The first-order valence-electron chi connectivity index (χ1n) is 11.4. The third-order valence-electron chi connectivity index (χ3n) is 4.84. The zero-order valence-electron chi connectivity index (χ0n) is 21.1. The number of nitrogen functional groups attached to an aromatic ring is 2. The quantitative estimate of drug-likeness (QED) is 0.157. The van der Waals surface area contributed by atoms with Gasteiger partial charge in [-0.25, -0.2) is 9.97 Å². The first kappa shape index (κ1) is 30.3. The van der Waals surface area contributed by atoms with Gasteiger partial charge in [0.1, 0.15) is 11.4 Å². The smallest absolute Gasteiger partial charge is 0.391 e. The van der Waals surface area contributed by atoms with Gasteiger partial charge in [0.25, 0.3) is 0 Å². The number of anilines is 2. The van der Waals surface area contributed by atoms with Crippen molar-refractivity contribution in [2.75, 3.05) is 11.5 Å². The Kier molecular flexibility index (Phi) is 9.44. The van der Waals surface area contributed by atoms with Crippen LogP contribution in [0.4, 0.5) is 10.3 Å². The minimum Gasteiger partial charge on any atom is -0.446 e. The Bertz CT molecular complexity index is 1370. The Morgan fingerprint density at radius 3 is 1.34 bits per heavy atom. The fourth-order valence-electron chi connectivity index (χ4n) is 3.37. The van der Waals surface area contributed by atoms with Crippen molar-refractivity contribution in [3.8, 4) is 22.9 Å². The molecule has 0 bridgehead atoms. The van der Waals surface area contributed by atoms with Gasteiger partial charge in [-0.15, -0.1) is 22.7 Å². The monoisotopic (exact) mass is 604 g/mol. The molecule has 4 aromatic rings. The summed E-state index contributed by atoms with van der Waals surface area (Å²) in [7, 11) is -8.75. The minimum atomic E-state index is -4.38. The van der Waals surface area contributed by atoms with Gasteiger partial charge in [-0.3, -0.25) is 9.13 Å². The fraction of sp³-hybridized carbons (Fsp3) is 0.364. The summed E-state index contributed by atoms with van der Waals surface area (Å²) in [6.45, 7) is 8.29. The van der Waals surface area contributed by atoms with Crippen LogP contribution >= 0.6 is 37.9 Å². The average molecular weight is 605 g/mol. The zero-order chi connectivity index (χ0) is 28.4. The van der Waals surface area contributed by atoms with Gasteiger partial charge in [-0.2, -0.15) is 0 Å². The van der Waals surface area contributed by atoms with Gasteiger partial charge in [0.05, 0.1) is 0 Å². The van der Waals surface area contributed by atoms with Crippen LogP contribution in [0.3, 0.4) is 0 Å². The minimum absolute atomic E-state index is 0.335. The summed E-state index contributed by atoms with van der Waals surface area (Å²) in [6, 6.07) is 5.55. The lowest BCUT2D eigenvalue weighted by molar-refractivity contribution is 0.375. The van der Waals surface area contributed by atoms with Gasteiger partial charge >= 0.3 is 15.2 Å². The van der Waals surface area contributed by atoms with Crippen LogP contribution in [-0.2, 0) is 22.0 Å². The molecule has 0 fully saturated rings. The summed E-state index contributed by atoms with van der Waals surface area (Å²) < 4.78 is 32.6. The second kappa shape index (κ2) is 11.8. The molecule has 0 amide bonds. The Balaban J connectivity index is 0.000000211. The van der Waals surface area contributed by atoms with Crippen LogP contribution in [0.5, 0.6) is 0 Å². The molecular weight excluding hydrogens is 574 g/mol. The first-order chi connectivity index (χ1) is 17.5. The van der Waals surface area contributed by atoms with Crippen LogP contribution in [0.25, 0.3) is 22.9 Å². The van der Waals surface area contributed by atoms with E-state index < -0.39 is 15.2 Å². The highest BCUT2D eigenvalue weighted by molar-refractivity contribution is 7.60. The van der Waals surface area contributed by atoms with Gasteiger partial charge in [0, 0.05) is 9.75 Å². The van der Waals surface area contributed by atoms with E-state index >= 15 is 0 Å². The van der Waals surface area contributed by atoms with Crippen molar-refractivity contribution in [3.05, 3.63) is 34.0 Å². The molecule has 0 aliphatic rings. The molecule has 12 nitrogen and oxygen atoms in total. The van der Waals surface area contributed by atoms with E-state index in [1.54, 1.807) is 0 Å². The van der Waals surface area contributed by atoms with Crippen LogP contribution in [0.15, 0.2) is 33.1 Å². The molecule has 38 heavy (non-hydrogen) atoms. The maximum Gasteiger partial charge on any atom is 0.391 e. The number of furan rings is 2. The molecule has 0 aliphatic heterocycles. The highest BCUT2D eigenvalue weighted by Crippen LogP contribution is 2.39. The Morgan fingerprint density at radius 1 is 0.737 bits per heavy atom. The molecule has 0 saturated carbocycles. The topological polar surface area (TPSA) is 219 Å². The Hall–Kier alpha value is -2.28. The van der Waals surface area contributed by atoms with Crippen molar-refractivity contribution in [3.63, 3.8) is 0 Å². The fourth-order valence-corrected chi connectivity index (χ4v) is 6.44. The summed E-state index contributed by atoms with van der Waals surface area (Å²) >= 11 is 2.73. The molecule has 0 saturated heterocycles. The molecule has 208 valence electrons.